The molecule has 9 heteroatoms. The minimum atomic E-state index is -0.583. The lowest BCUT2D eigenvalue weighted by Gasteiger charge is -2.25. The van der Waals surface area contributed by atoms with Gasteiger partial charge in [-0.25, -0.2) is 0 Å². The summed E-state index contributed by atoms with van der Waals surface area (Å²) in [5.41, 5.74) is 9.17. The van der Waals surface area contributed by atoms with E-state index < -0.39 is 5.92 Å². The summed E-state index contributed by atoms with van der Waals surface area (Å²) in [6.45, 7) is 2.19. The molecule has 1 unspecified atom stereocenters. The van der Waals surface area contributed by atoms with Crippen LogP contribution in [-0.2, 0) is 0 Å². The summed E-state index contributed by atoms with van der Waals surface area (Å²) in [6.07, 6.45) is 0. The summed E-state index contributed by atoms with van der Waals surface area (Å²) < 4.78 is 16.9. The molecule has 0 bridgehead atoms. The highest BCUT2D eigenvalue weighted by Crippen LogP contribution is 2.48. The van der Waals surface area contributed by atoms with Crippen molar-refractivity contribution in [1.29, 1.82) is 5.26 Å². The van der Waals surface area contributed by atoms with Gasteiger partial charge in [0, 0.05) is 5.56 Å². The van der Waals surface area contributed by atoms with Gasteiger partial charge in [-0.15, -0.1) is 5.10 Å². The molecule has 1 aliphatic rings. The molecular weight excluding hydrogens is 464 g/mol. The van der Waals surface area contributed by atoms with E-state index in [-0.39, 0.29) is 23.1 Å². The van der Waals surface area contributed by atoms with Gasteiger partial charge < -0.3 is 25.1 Å². The van der Waals surface area contributed by atoms with Crippen molar-refractivity contribution < 1.29 is 19.3 Å². The van der Waals surface area contributed by atoms with Crippen molar-refractivity contribution in [2.45, 2.75) is 12.8 Å². The topological polar surface area (TPSA) is 126 Å². The van der Waals surface area contributed by atoms with Gasteiger partial charge in [-0.05, 0) is 64.8 Å². The summed E-state index contributed by atoms with van der Waals surface area (Å²) >= 11 is 3.37. The van der Waals surface area contributed by atoms with Crippen LogP contribution in [0.2, 0.25) is 0 Å². The molecule has 4 N–H and O–H groups in total. The van der Waals surface area contributed by atoms with E-state index in [9.17, 15) is 10.4 Å². The van der Waals surface area contributed by atoms with Crippen LogP contribution in [0.15, 0.2) is 52.3 Å². The summed E-state index contributed by atoms with van der Waals surface area (Å²) in [6, 6.07) is 13.0. The maximum absolute atomic E-state index is 10.3. The molecule has 2 aromatic carbocycles. The predicted molar refractivity (Wildman–Crippen MR) is 117 cm³/mol. The van der Waals surface area contributed by atoms with Gasteiger partial charge in [0.05, 0.1) is 35.4 Å². The van der Waals surface area contributed by atoms with Gasteiger partial charge in [-0.3, -0.25) is 5.10 Å². The number of nitrogens with two attached hydrogens (primary N) is 1. The fourth-order valence-electron chi connectivity index (χ4n) is 3.58. The molecule has 0 saturated carbocycles. The van der Waals surface area contributed by atoms with Crippen molar-refractivity contribution in [3.8, 4) is 40.5 Å². The van der Waals surface area contributed by atoms with Crippen LogP contribution in [0.3, 0.4) is 0 Å². The molecule has 158 valence electrons. The fourth-order valence-corrected chi connectivity index (χ4v) is 4.04. The summed E-state index contributed by atoms with van der Waals surface area (Å²) in [4.78, 5) is 0. The molecule has 0 amide bonds. The first-order valence-corrected chi connectivity index (χ1v) is 10.2. The highest BCUT2D eigenvalue weighted by Gasteiger charge is 2.36. The Morgan fingerprint density at radius 1 is 1.32 bits per heavy atom. The van der Waals surface area contributed by atoms with E-state index in [0.717, 1.165) is 11.3 Å². The number of hydrogen-bond acceptors (Lipinski definition) is 7. The lowest BCUT2D eigenvalue weighted by molar-refractivity contribution is 0.316. The molecule has 1 aromatic heterocycles. The zero-order chi connectivity index (χ0) is 22.1. The van der Waals surface area contributed by atoms with E-state index in [4.69, 9.17) is 19.9 Å². The van der Waals surface area contributed by atoms with E-state index in [1.54, 1.807) is 19.2 Å². The van der Waals surface area contributed by atoms with Crippen LogP contribution in [0, 0.1) is 11.3 Å². The molecule has 8 nitrogen and oxygen atoms in total. The number of phenolic OH excluding ortho intramolecular Hbond substituents is 1. The Bertz CT molecular complexity index is 1210. The number of methoxy groups -OCH3 is 1. The van der Waals surface area contributed by atoms with Crippen molar-refractivity contribution in [3.63, 3.8) is 0 Å². The number of fused-ring (bicyclic) bond motifs is 1. The maximum Gasteiger partial charge on any atom is 0.244 e. The number of H-pyrrole nitrogens is 1. The summed E-state index contributed by atoms with van der Waals surface area (Å²) in [5, 5.41) is 27.5. The molecule has 3 aromatic rings. The minimum Gasteiger partial charge on any atom is -0.503 e. The average Bonchev–Trinajstić information content (AvgIpc) is 3.19. The number of nitrogens with zero attached hydrogens (tertiary/aromatic N) is 2. The van der Waals surface area contributed by atoms with Crippen molar-refractivity contribution >= 4 is 15.9 Å². The molecule has 0 spiro atoms. The molecule has 4 rings (SSSR count). The fraction of sp³-hybridized carbons (Fsp3) is 0.182. The lowest BCUT2D eigenvalue weighted by atomic mass is 9.83. The smallest absolute Gasteiger partial charge is 0.244 e. The second-order valence-electron chi connectivity index (χ2n) is 6.75. The highest BCUT2D eigenvalue weighted by molar-refractivity contribution is 9.10. The molecular formula is C22H19BrN4O4. The van der Waals surface area contributed by atoms with Crippen LogP contribution in [0.1, 0.15) is 24.0 Å². The summed E-state index contributed by atoms with van der Waals surface area (Å²) in [5.74, 6) is 0.682. The Kier molecular flexibility index (Phi) is 5.48. The van der Waals surface area contributed by atoms with Crippen molar-refractivity contribution in [3.05, 3.63) is 63.5 Å². The van der Waals surface area contributed by atoms with E-state index in [2.05, 4.69) is 32.2 Å². The molecule has 0 radical (unpaired) electrons. The van der Waals surface area contributed by atoms with Crippen molar-refractivity contribution in [1.82, 2.24) is 10.2 Å². The number of aromatic nitrogens is 2. The maximum atomic E-state index is 10.3. The van der Waals surface area contributed by atoms with Gasteiger partial charge in [0.2, 0.25) is 11.8 Å². The third-order valence-electron chi connectivity index (χ3n) is 5.00. The quantitative estimate of drug-likeness (QED) is 0.497. The van der Waals surface area contributed by atoms with Crippen LogP contribution < -0.4 is 19.9 Å². The van der Waals surface area contributed by atoms with Gasteiger partial charge in [0.15, 0.2) is 11.5 Å². The number of nitrogens with one attached hydrogen (secondary N) is 1. The van der Waals surface area contributed by atoms with Gasteiger partial charge in [-0.1, -0.05) is 0 Å². The number of halogens is 1. The zero-order valence-electron chi connectivity index (χ0n) is 16.8. The number of allylic oxidation sites excluding steroid dienone is 1. The van der Waals surface area contributed by atoms with Crippen LogP contribution in [0.5, 0.6) is 23.1 Å². The number of hydrogen-bond donors (Lipinski definition) is 3. The second-order valence-corrected chi connectivity index (χ2v) is 7.61. The Balaban J connectivity index is 1.93. The normalized spacial score (nSPS) is 15.1. The first-order chi connectivity index (χ1) is 15.0. The second kappa shape index (κ2) is 8.24. The van der Waals surface area contributed by atoms with Gasteiger partial charge in [0.1, 0.15) is 17.4 Å². The van der Waals surface area contributed by atoms with E-state index >= 15 is 0 Å². The number of aromatic amines is 1. The number of benzene rings is 2. The van der Waals surface area contributed by atoms with Gasteiger partial charge in [0.25, 0.3) is 0 Å². The Hall–Kier alpha value is -3.64. The van der Waals surface area contributed by atoms with Crippen molar-refractivity contribution in [2.24, 2.45) is 5.73 Å². The van der Waals surface area contributed by atoms with Crippen LogP contribution in [0.4, 0.5) is 0 Å². The lowest BCUT2D eigenvalue weighted by Crippen LogP contribution is -2.21. The third kappa shape index (κ3) is 3.55. The molecule has 1 aliphatic heterocycles. The Labute approximate surface area is 187 Å². The van der Waals surface area contributed by atoms with Crippen LogP contribution in [0.25, 0.3) is 11.3 Å². The predicted octanol–water partition coefficient (Wildman–Crippen LogP) is 4.17. The molecule has 31 heavy (non-hydrogen) atoms. The number of rotatable bonds is 5. The SMILES string of the molecule is CCOc1cc(C2C(C#N)=C(N)Oc3n[nH]c(-c4ccc(OC)cc4)c32)cc(Br)c1O. The van der Waals surface area contributed by atoms with Crippen molar-refractivity contribution in [2.75, 3.05) is 13.7 Å². The van der Waals surface area contributed by atoms with E-state index in [1.165, 1.54) is 0 Å². The number of phenols is 1. The van der Waals surface area contributed by atoms with Gasteiger partial charge >= 0.3 is 0 Å². The van der Waals surface area contributed by atoms with E-state index in [1.807, 2.05) is 31.2 Å². The number of ether oxygens (including phenoxy) is 3. The molecule has 0 saturated heterocycles. The van der Waals surface area contributed by atoms with Crippen LogP contribution in [-0.4, -0.2) is 29.0 Å². The molecule has 0 fully saturated rings. The standard InChI is InChI=1S/C22H19BrN4O4/c1-3-30-16-9-12(8-15(23)20(16)28)17-14(10-24)21(25)31-22-18(17)19(26-27-22)11-4-6-13(29-2)7-5-11/h4-9,17,28H,3,25H2,1-2H3,(H,26,27). The first-order valence-electron chi connectivity index (χ1n) is 9.43. The van der Waals surface area contributed by atoms with Gasteiger partial charge in [-0.2, -0.15) is 5.26 Å². The monoisotopic (exact) mass is 482 g/mol. The first kappa shape index (κ1) is 20.6. The summed E-state index contributed by atoms with van der Waals surface area (Å²) in [7, 11) is 1.60. The average molecular weight is 483 g/mol. The van der Waals surface area contributed by atoms with E-state index in [0.29, 0.717) is 33.6 Å². The Morgan fingerprint density at radius 3 is 2.71 bits per heavy atom. The number of aromatic hydroxyl groups is 1. The largest absolute Gasteiger partial charge is 0.503 e. The number of nitriles is 1. The molecule has 0 aliphatic carbocycles. The molecule has 1 atom stereocenters. The minimum absolute atomic E-state index is 0.0177. The van der Waals surface area contributed by atoms with Crippen LogP contribution >= 0.6 is 15.9 Å². The molecule has 2 heterocycles. The third-order valence-corrected chi connectivity index (χ3v) is 5.61. The highest BCUT2D eigenvalue weighted by atomic mass is 79.9. The zero-order valence-corrected chi connectivity index (χ0v) is 18.4. The Morgan fingerprint density at radius 2 is 2.06 bits per heavy atom.